The van der Waals surface area contributed by atoms with Gasteiger partial charge in [-0.25, -0.2) is 5.43 Å². The van der Waals surface area contributed by atoms with Crippen LogP contribution in [0.25, 0.3) is 6.08 Å². The molecule has 2 heterocycles. The van der Waals surface area contributed by atoms with Crippen molar-refractivity contribution in [3.63, 3.8) is 0 Å². The van der Waals surface area contributed by atoms with Crippen molar-refractivity contribution in [2.45, 2.75) is 21.4 Å². The highest BCUT2D eigenvalue weighted by atomic mass is 35.5. The molecule has 0 fully saturated rings. The first-order valence-corrected chi connectivity index (χ1v) is 11.6. The number of aromatic nitrogens is 2. The summed E-state index contributed by atoms with van der Waals surface area (Å²) < 4.78 is 6.79. The molecule has 0 bridgehead atoms. The first-order valence-electron chi connectivity index (χ1n) is 8.46. The number of halogens is 1. The number of nitrogens with one attached hydrogen (secondary N) is 1. The monoisotopic (exact) mass is 464 g/mol. The molecule has 3 aromatic rings. The van der Waals surface area contributed by atoms with Crippen molar-refractivity contribution < 1.29 is 9.21 Å². The Labute approximate surface area is 185 Å². The van der Waals surface area contributed by atoms with Crippen LogP contribution in [-0.2, 0) is 10.5 Å². The SMILES string of the molecule is C/C(C=NNC(=O)CSc1nnc(SCc2ccccc2Cl)s1)=C\c1ccco1. The van der Waals surface area contributed by atoms with Crippen molar-refractivity contribution in [3.05, 3.63) is 64.6 Å². The Bertz CT molecular complexity index is 1000. The summed E-state index contributed by atoms with van der Waals surface area (Å²) in [6.45, 7) is 1.87. The highest BCUT2D eigenvalue weighted by Crippen LogP contribution is 2.32. The third-order valence-electron chi connectivity index (χ3n) is 3.39. The van der Waals surface area contributed by atoms with E-state index in [9.17, 15) is 4.79 Å². The molecule has 0 aliphatic heterocycles. The summed E-state index contributed by atoms with van der Waals surface area (Å²) in [6.07, 6.45) is 5.00. The van der Waals surface area contributed by atoms with E-state index in [4.69, 9.17) is 16.0 Å². The maximum Gasteiger partial charge on any atom is 0.250 e. The number of amides is 1. The average molecular weight is 465 g/mol. The molecule has 0 atom stereocenters. The van der Waals surface area contributed by atoms with Gasteiger partial charge in [-0.2, -0.15) is 5.10 Å². The van der Waals surface area contributed by atoms with Crippen LogP contribution < -0.4 is 5.43 Å². The van der Waals surface area contributed by atoms with Crippen molar-refractivity contribution in [1.29, 1.82) is 0 Å². The summed E-state index contributed by atoms with van der Waals surface area (Å²) in [4.78, 5) is 11.9. The minimum Gasteiger partial charge on any atom is -0.465 e. The van der Waals surface area contributed by atoms with Crippen LogP contribution >= 0.6 is 46.5 Å². The van der Waals surface area contributed by atoms with Crippen LogP contribution in [0, 0.1) is 0 Å². The van der Waals surface area contributed by atoms with Gasteiger partial charge in [0.1, 0.15) is 5.76 Å². The van der Waals surface area contributed by atoms with Crippen molar-refractivity contribution in [2.24, 2.45) is 5.10 Å². The molecule has 0 radical (unpaired) electrons. The second-order valence-corrected chi connectivity index (χ2v) is 9.53. The zero-order valence-corrected chi connectivity index (χ0v) is 18.6. The fourth-order valence-corrected chi connectivity index (χ4v) is 5.17. The van der Waals surface area contributed by atoms with Crippen LogP contribution in [0.3, 0.4) is 0 Å². The van der Waals surface area contributed by atoms with E-state index < -0.39 is 0 Å². The number of hydrazone groups is 1. The van der Waals surface area contributed by atoms with E-state index in [1.165, 1.54) is 23.1 Å². The van der Waals surface area contributed by atoms with Gasteiger partial charge in [0.2, 0.25) is 0 Å². The third-order valence-corrected chi connectivity index (χ3v) is 7.00. The van der Waals surface area contributed by atoms with Crippen LogP contribution in [0.2, 0.25) is 5.02 Å². The summed E-state index contributed by atoms with van der Waals surface area (Å²) >= 11 is 10.5. The van der Waals surface area contributed by atoms with Gasteiger partial charge >= 0.3 is 0 Å². The molecular weight excluding hydrogens is 448 g/mol. The number of hydrogen-bond acceptors (Lipinski definition) is 8. The lowest BCUT2D eigenvalue weighted by Crippen LogP contribution is -2.19. The number of nitrogens with zero attached hydrogens (tertiary/aromatic N) is 3. The fraction of sp³-hybridized carbons (Fsp3) is 0.158. The molecule has 1 N–H and O–H groups in total. The van der Waals surface area contributed by atoms with Crippen LogP contribution in [0.15, 0.2) is 66.4 Å². The van der Waals surface area contributed by atoms with E-state index in [1.807, 2.05) is 49.4 Å². The highest BCUT2D eigenvalue weighted by Gasteiger charge is 2.09. The largest absolute Gasteiger partial charge is 0.465 e. The predicted octanol–water partition coefficient (Wildman–Crippen LogP) is 5.37. The van der Waals surface area contributed by atoms with Crippen molar-refractivity contribution in [1.82, 2.24) is 15.6 Å². The molecular formula is C19H17ClN4O2S3. The number of carbonyl (C=O) groups excluding carboxylic acids is 1. The molecule has 0 unspecified atom stereocenters. The van der Waals surface area contributed by atoms with Gasteiger partial charge in [0.25, 0.3) is 5.91 Å². The zero-order chi connectivity index (χ0) is 20.5. The smallest absolute Gasteiger partial charge is 0.250 e. The van der Waals surface area contributed by atoms with E-state index in [-0.39, 0.29) is 11.7 Å². The van der Waals surface area contributed by atoms with Gasteiger partial charge in [0.05, 0.1) is 18.2 Å². The normalized spacial score (nSPS) is 11.9. The second kappa shape index (κ2) is 11.2. The topological polar surface area (TPSA) is 80.4 Å². The molecule has 0 spiro atoms. The summed E-state index contributed by atoms with van der Waals surface area (Å²) in [5, 5.41) is 12.9. The summed E-state index contributed by atoms with van der Waals surface area (Å²) in [6, 6.07) is 11.4. The number of allylic oxidation sites excluding steroid dienone is 1. The number of carbonyl (C=O) groups is 1. The lowest BCUT2D eigenvalue weighted by Gasteiger charge is -2.00. The van der Waals surface area contributed by atoms with Crippen molar-refractivity contribution >= 4 is 64.7 Å². The quantitative estimate of drug-likeness (QED) is 0.260. The maximum atomic E-state index is 11.9. The molecule has 0 saturated heterocycles. The van der Waals surface area contributed by atoms with Crippen LogP contribution in [0.1, 0.15) is 18.2 Å². The van der Waals surface area contributed by atoms with Gasteiger partial charge in [0.15, 0.2) is 8.68 Å². The molecule has 6 nitrogen and oxygen atoms in total. The minimum absolute atomic E-state index is 0.210. The fourth-order valence-electron chi connectivity index (χ4n) is 2.07. The number of thioether (sulfide) groups is 2. The van der Waals surface area contributed by atoms with Gasteiger partial charge in [0, 0.05) is 10.8 Å². The lowest BCUT2D eigenvalue weighted by molar-refractivity contribution is -0.118. The van der Waals surface area contributed by atoms with E-state index in [0.29, 0.717) is 0 Å². The molecule has 2 aromatic heterocycles. The molecule has 0 saturated carbocycles. The van der Waals surface area contributed by atoms with Crippen LogP contribution in [0.4, 0.5) is 0 Å². The Hall–Kier alpha value is -2.07. The zero-order valence-electron chi connectivity index (χ0n) is 15.4. The first kappa shape index (κ1) is 21.6. The number of furan rings is 1. The molecule has 0 aliphatic rings. The third kappa shape index (κ3) is 7.36. The molecule has 1 aromatic carbocycles. The first-order chi connectivity index (χ1) is 14.1. The molecule has 0 aliphatic carbocycles. The summed E-state index contributed by atoms with van der Waals surface area (Å²) in [7, 11) is 0. The predicted molar refractivity (Wildman–Crippen MR) is 121 cm³/mol. The molecule has 10 heteroatoms. The Morgan fingerprint density at radius 2 is 2.03 bits per heavy atom. The average Bonchev–Trinajstić information content (AvgIpc) is 3.38. The summed E-state index contributed by atoms with van der Waals surface area (Å²) in [5.41, 5.74) is 4.41. The van der Waals surface area contributed by atoms with Crippen molar-refractivity contribution in [3.8, 4) is 0 Å². The lowest BCUT2D eigenvalue weighted by atomic mass is 10.2. The molecule has 150 valence electrons. The van der Waals surface area contributed by atoms with Gasteiger partial charge in [-0.3, -0.25) is 4.79 Å². The molecule has 1 amide bonds. The summed E-state index contributed by atoms with van der Waals surface area (Å²) in [5.74, 6) is 1.45. The van der Waals surface area contributed by atoms with Crippen LogP contribution in [0.5, 0.6) is 0 Å². The number of hydrogen-bond donors (Lipinski definition) is 1. The Kier molecular flexibility index (Phi) is 8.36. The highest BCUT2D eigenvalue weighted by molar-refractivity contribution is 8.03. The minimum atomic E-state index is -0.211. The Morgan fingerprint density at radius 1 is 1.24 bits per heavy atom. The van der Waals surface area contributed by atoms with E-state index in [2.05, 4.69) is 20.7 Å². The van der Waals surface area contributed by atoms with E-state index >= 15 is 0 Å². The van der Waals surface area contributed by atoms with Gasteiger partial charge in [-0.1, -0.05) is 64.7 Å². The van der Waals surface area contributed by atoms with Crippen LogP contribution in [-0.4, -0.2) is 28.1 Å². The molecule has 29 heavy (non-hydrogen) atoms. The Morgan fingerprint density at radius 3 is 2.79 bits per heavy atom. The maximum absolute atomic E-state index is 11.9. The Balaban J connectivity index is 1.40. The van der Waals surface area contributed by atoms with Crippen molar-refractivity contribution in [2.75, 3.05) is 5.75 Å². The van der Waals surface area contributed by atoms with Gasteiger partial charge < -0.3 is 4.42 Å². The van der Waals surface area contributed by atoms with E-state index in [0.717, 1.165) is 36.4 Å². The standard InChI is InChI=1S/C19H17ClN4O2S3/c1-13(9-15-6-4-8-26-15)10-21-22-17(25)12-28-19-24-23-18(29-19)27-11-14-5-2-3-7-16(14)20/h2-10H,11-12H2,1H3,(H,22,25)/b13-9+,21-10?. The second-order valence-electron chi connectivity index (χ2n) is 5.70. The number of rotatable bonds is 9. The van der Waals surface area contributed by atoms with E-state index in [1.54, 1.807) is 24.2 Å². The molecule has 3 rings (SSSR count). The van der Waals surface area contributed by atoms with Gasteiger partial charge in [-0.05, 0) is 42.3 Å². The van der Waals surface area contributed by atoms with Gasteiger partial charge in [-0.15, -0.1) is 10.2 Å². The number of benzene rings is 1.